The van der Waals surface area contributed by atoms with Gasteiger partial charge in [-0.2, -0.15) is 0 Å². The second-order valence-corrected chi connectivity index (χ2v) is 10.1. The van der Waals surface area contributed by atoms with Crippen LogP contribution >= 0.6 is 0 Å². The molecule has 4 aromatic rings. The highest BCUT2D eigenvalue weighted by atomic mass is 16.5. The molecule has 0 aliphatic carbocycles. The van der Waals surface area contributed by atoms with Crippen molar-refractivity contribution >= 4 is 0 Å². The van der Waals surface area contributed by atoms with Crippen molar-refractivity contribution in [2.75, 3.05) is 33.0 Å². The molecule has 5 rings (SSSR count). The van der Waals surface area contributed by atoms with Gasteiger partial charge in [-0.3, -0.25) is 4.90 Å². The molecule has 0 amide bonds. The average Bonchev–Trinajstić information content (AvgIpc) is 3.00. The van der Waals surface area contributed by atoms with Crippen LogP contribution in [-0.2, 0) is 33.0 Å². The van der Waals surface area contributed by atoms with E-state index in [0.717, 1.165) is 22.3 Å². The Kier molecular flexibility index (Phi) is 9.54. The highest BCUT2D eigenvalue weighted by Gasteiger charge is 2.40. The van der Waals surface area contributed by atoms with Gasteiger partial charge in [0.15, 0.2) is 0 Å². The maximum Gasteiger partial charge on any atom is 0.127 e. The lowest BCUT2D eigenvalue weighted by molar-refractivity contribution is -0.120. The normalized spacial score (nSPS) is 18.2. The number of hydrogen-bond acceptors (Lipinski definition) is 5. The van der Waals surface area contributed by atoms with Gasteiger partial charge in [0.25, 0.3) is 0 Å². The van der Waals surface area contributed by atoms with E-state index in [9.17, 15) is 5.11 Å². The molecular weight excluding hydrogens is 486 g/mol. The fraction of sp³-hybridized carbons (Fsp3) is 0.294. The van der Waals surface area contributed by atoms with E-state index in [2.05, 4.69) is 29.2 Å². The predicted octanol–water partition coefficient (Wildman–Crippen LogP) is 5.43. The molecule has 1 aliphatic heterocycles. The summed E-state index contributed by atoms with van der Waals surface area (Å²) in [7, 11) is 0. The predicted molar refractivity (Wildman–Crippen MR) is 153 cm³/mol. The van der Waals surface area contributed by atoms with Crippen molar-refractivity contribution in [3.05, 3.63) is 144 Å². The molecule has 0 aromatic heterocycles. The van der Waals surface area contributed by atoms with Crippen LogP contribution in [0.3, 0.4) is 0 Å². The van der Waals surface area contributed by atoms with Crippen molar-refractivity contribution in [1.82, 2.24) is 4.90 Å². The number of morpholine rings is 1. The van der Waals surface area contributed by atoms with E-state index >= 15 is 0 Å². The SMILES string of the molecule is OC(CN1[C@@H](COCc2ccccc2)COC[C@@H]1COCc1ccccc1)(c1ccccc1)c1ccccc1. The van der Waals surface area contributed by atoms with Crippen LogP contribution in [0, 0.1) is 0 Å². The topological polar surface area (TPSA) is 51.2 Å². The fourth-order valence-electron chi connectivity index (χ4n) is 5.19. The van der Waals surface area contributed by atoms with Gasteiger partial charge in [0.2, 0.25) is 0 Å². The van der Waals surface area contributed by atoms with E-state index < -0.39 is 5.60 Å². The molecule has 39 heavy (non-hydrogen) atoms. The summed E-state index contributed by atoms with van der Waals surface area (Å²) in [4.78, 5) is 2.33. The van der Waals surface area contributed by atoms with Gasteiger partial charge < -0.3 is 19.3 Å². The minimum atomic E-state index is -1.21. The van der Waals surface area contributed by atoms with Gasteiger partial charge in [-0.15, -0.1) is 0 Å². The Morgan fingerprint density at radius 2 is 1.00 bits per heavy atom. The molecule has 1 heterocycles. The van der Waals surface area contributed by atoms with Gasteiger partial charge in [-0.25, -0.2) is 0 Å². The Morgan fingerprint density at radius 1 is 0.615 bits per heavy atom. The van der Waals surface area contributed by atoms with Crippen LogP contribution in [0.25, 0.3) is 0 Å². The minimum Gasteiger partial charge on any atom is -0.379 e. The highest BCUT2D eigenvalue weighted by Crippen LogP contribution is 2.33. The highest BCUT2D eigenvalue weighted by molar-refractivity contribution is 5.36. The molecule has 5 nitrogen and oxygen atoms in total. The fourth-order valence-corrected chi connectivity index (χ4v) is 5.19. The minimum absolute atomic E-state index is 0.0354. The van der Waals surface area contributed by atoms with Gasteiger partial charge in [0, 0.05) is 6.54 Å². The summed E-state index contributed by atoms with van der Waals surface area (Å²) < 4.78 is 18.5. The molecule has 4 aromatic carbocycles. The van der Waals surface area contributed by atoms with Crippen molar-refractivity contribution in [1.29, 1.82) is 0 Å². The molecule has 202 valence electrons. The van der Waals surface area contributed by atoms with Crippen LogP contribution in [-0.4, -0.2) is 55.1 Å². The van der Waals surface area contributed by atoms with Crippen LogP contribution in [0.1, 0.15) is 22.3 Å². The zero-order valence-electron chi connectivity index (χ0n) is 22.3. The third kappa shape index (κ3) is 7.21. The molecule has 1 fully saturated rings. The van der Waals surface area contributed by atoms with Gasteiger partial charge in [-0.1, -0.05) is 121 Å². The summed E-state index contributed by atoms with van der Waals surface area (Å²) in [5.74, 6) is 0. The summed E-state index contributed by atoms with van der Waals surface area (Å²) in [5.41, 5.74) is 2.77. The lowest BCUT2D eigenvalue weighted by Gasteiger charge is -2.45. The Balaban J connectivity index is 1.38. The number of hydrogen-bond donors (Lipinski definition) is 1. The molecule has 0 unspecified atom stereocenters. The van der Waals surface area contributed by atoms with E-state index in [0.29, 0.717) is 46.2 Å². The smallest absolute Gasteiger partial charge is 0.127 e. The number of ether oxygens (including phenoxy) is 3. The van der Waals surface area contributed by atoms with Crippen LogP contribution in [0.5, 0.6) is 0 Å². The second kappa shape index (κ2) is 13.7. The monoisotopic (exact) mass is 523 g/mol. The van der Waals surface area contributed by atoms with Gasteiger partial charge >= 0.3 is 0 Å². The van der Waals surface area contributed by atoms with Crippen LogP contribution in [0.15, 0.2) is 121 Å². The van der Waals surface area contributed by atoms with Crippen LogP contribution in [0.2, 0.25) is 0 Å². The molecule has 0 spiro atoms. The van der Waals surface area contributed by atoms with Crippen molar-refractivity contribution in [3.8, 4) is 0 Å². The van der Waals surface area contributed by atoms with Gasteiger partial charge in [0.1, 0.15) is 5.60 Å². The zero-order valence-corrected chi connectivity index (χ0v) is 22.3. The first-order valence-corrected chi connectivity index (χ1v) is 13.6. The zero-order chi connectivity index (χ0) is 26.8. The number of rotatable bonds is 12. The molecule has 0 bridgehead atoms. The summed E-state index contributed by atoms with van der Waals surface area (Å²) in [6.45, 7) is 3.49. The Morgan fingerprint density at radius 3 is 1.41 bits per heavy atom. The number of nitrogens with zero attached hydrogens (tertiary/aromatic N) is 1. The van der Waals surface area contributed by atoms with Crippen molar-refractivity contribution in [2.24, 2.45) is 0 Å². The van der Waals surface area contributed by atoms with E-state index in [1.54, 1.807) is 0 Å². The standard InChI is InChI=1S/C34H37NO4/c36-34(30-17-9-3-10-18-30,31-19-11-4-12-20-31)27-35-32(23-37-21-28-13-5-1-6-14-28)25-39-26-33(35)24-38-22-29-15-7-2-8-16-29/h1-20,32-33,36H,21-27H2/t32-,33-/m0/s1. The quantitative estimate of drug-likeness (QED) is 0.269. The van der Waals surface area contributed by atoms with Crippen LogP contribution in [0.4, 0.5) is 0 Å². The number of benzene rings is 4. The van der Waals surface area contributed by atoms with Gasteiger partial charge in [0.05, 0.1) is 51.7 Å². The summed E-state index contributed by atoms with van der Waals surface area (Å²) >= 11 is 0. The molecule has 2 atom stereocenters. The van der Waals surface area contributed by atoms with E-state index in [-0.39, 0.29) is 12.1 Å². The molecule has 5 heteroatoms. The van der Waals surface area contributed by atoms with E-state index in [1.165, 1.54) is 0 Å². The largest absolute Gasteiger partial charge is 0.379 e. The number of aliphatic hydroxyl groups is 1. The van der Waals surface area contributed by atoms with Crippen molar-refractivity contribution in [2.45, 2.75) is 30.9 Å². The van der Waals surface area contributed by atoms with E-state index in [1.807, 2.05) is 97.1 Å². The lowest BCUT2D eigenvalue weighted by Crippen LogP contribution is -2.59. The third-order valence-corrected chi connectivity index (χ3v) is 7.32. The average molecular weight is 524 g/mol. The summed E-state index contributed by atoms with van der Waals surface area (Å²) in [5, 5.41) is 12.4. The summed E-state index contributed by atoms with van der Waals surface area (Å²) in [6, 6.07) is 40.1. The molecule has 1 saturated heterocycles. The first-order valence-electron chi connectivity index (χ1n) is 13.6. The first kappa shape index (κ1) is 27.3. The molecule has 1 N–H and O–H groups in total. The van der Waals surface area contributed by atoms with Crippen molar-refractivity contribution in [3.63, 3.8) is 0 Å². The van der Waals surface area contributed by atoms with E-state index in [4.69, 9.17) is 14.2 Å². The molecular formula is C34H37NO4. The van der Waals surface area contributed by atoms with Crippen LogP contribution < -0.4 is 0 Å². The first-order chi connectivity index (χ1) is 19.2. The molecule has 0 saturated carbocycles. The Hall–Kier alpha value is -3.32. The summed E-state index contributed by atoms with van der Waals surface area (Å²) in [6.07, 6.45) is 0. The Labute approximate surface area is 231 Å². The maximum absolute atomic E-state index is 12.4. The molecule has 1 aliphatic rings. The Bertz CT molecular complexity index is 1140. The molecule has 0 radical (unpaired) electrons. The second-order valence-electron chi connectivity index (χ2n) is 10.1. The number of β-amino-alcohol motifs (C(OH)–C–C–N with tert-alkyl or cyclic N) is 1. The lowest BCUT2D eigenvalue weighted by atomic mass is 9.85. The third-order valence-electron chi connectivity index (χ3n) is 7.32. The van der Waals surface area contributed by atoms with Gasteiger partial charge in [-0.05, 0) is 22.3 Å². The maximum atomic E-state index is 12.4. The van der Waals surface area contributed by atoms with Crippen molar-refractivity contribution < 1.29 is 19.3 Å².